The molecule has 2 nitrogen and oxygen atoms in total. The second kappa shape index (κ2) is 9.69. The van der Waals surface area contributed by atoms with Crippen LogP contribution >= 0.6 is 0 Å². The molecule has 0 spiro atoms. The predicted octanol–water partition coefficient (Wildman–Crippen LogP) is 11.9. The average molecular weight is 585 g/mol. The summed E-state index contributed by atoms with van der Waals surface area (Å²) in [5.41, 5.74) is 9.68. The molecular formula is C44H28N2. The Morgan fingerprint density at radius 3 is 1.63 bits per heavy atom. The molecule has 0 saturated heterocycles. The minimum absolute atomic E-state index is 1.18. The Kier molecular flexibility index (Phi) is 5.31. The smallest absolute Gasteiger partial charge is 0.0549 e. The summed E-state index contributed by atoms with van der Waals surface area (Å²) in [5.74, 6) is 0. The lowest BCUT2D eigenvalue weighted by molar-refractivity contribution is 1.18. The van der Waals surface area contributed by atoms with E-state index in [-0.39, 0.29) is 0 Å². The molecule has 2 heterocycles. The third-order valence-corrected chi connectivity index (χ3v) is 9.69. The van der Waals surface area contributed by atoms with Crippen LogP contribution in [0.3, 0.4) is 0 Å². The summed E-state index contributed by atoms with van der Waals surface area (Å²) in [7, 11) is 0. The highest BCUT2D eigenvalue weighted by Gasteiger charge is 2.21. The van der Waals surface area contributed by atoms with Crippen LogP contribution in [0, 0.1) is 0 Å². The van der Waals surface area contributed by atoms with Gasteiger partial charge in [0, 0.05) is 32.8 Å². The average Bonchev–Trinajstić information content (AvgIpc) is 3.64. The molecule has 0 aliphatic carbocycles. The minimum atomic E-state index is 1.18. The Balaban J connectivity index is 1.33. The molecule has 0 saturated carbocycles. The van der Waals surface area contributed by atoms with Crippen LogP contribution in [0.4, 0.5) is 0 Å². The molecule has 10 aromatic rings. The number of benzene rings is 8. The molecule has 10 rings (SSSR count). The monoisotopic (exact) mass is 584 g/mol. The first-order valence-electron chi connectivity index (χ1n) is 15.9. The van der Waals surface area contributed by atoms with Gasteiger partial charge >= 0.3 is 0 Å². The second-order valence-corrected chi connectivity index (χ2v) is 12.1. The van der Waals surface area contributed by atoms with Gasteiger partial charge in [0.1, 0.15) is 0 Å². The van der Waals surface area contributed by atoms with Crippen LogP contribution in [-0.4, -0.2) is 9.13 Å². The molecule has 0 aliphatic rings. The lowest BCUT2D eigenvalue weighted by Crippen LogP contribution is -1.97. The predicted molar refractivity (Wildman–Crippen MR) is 196 cm³/mol. The third kappa shape index (κ3) is 3.53. The maximum atomic E-state index is 2.48. The molecular weight excluding hydrogens is 556 g/mol. The molecule has 0 amide bonds. The Labute approximate surface area is 266 Å². The largest absolute Gasteiger partial charge is 0.309 e. The minimum Gasteiger partial charge on any atom is -0.309 e. The van der Waals surface area contributed by atoms with Crippen molar-refractivity contribution in [1.82, 2.24) is 9.13 Å². The molecule has 8 aromatic carbocycles. The topological polar surface area (TPSA) is 9.86 Å². The summed E-state index contributed by atoms with van der Waals surface area (Å²) in [6, 6.07) is 62.0. The zero-order valence-electron chi connectivity index (χ0n) is 25.1. The van der Waals surface area contributed by atoms with Crippen molar-refractivity contribution in [1.29, 1.82) is 0 Å². The standard InChI is InChI=1S/C44H28N2/c1-2-14-31-28-32(25-24-29(31)12-1)45-39-22-9-6-18-36(39)43-41(45)26-27-42-44(43)37-19-7-10-23-40(37)46(42)38-21-8-5-17-35(38)34-20-11-15-30-13-3-4-16-33(30)34/h1-28H. The Bertz CT molecular complexity index is 2810. The second-order valence-electron chi connectivity index (χ2n) is 12.1. The third-order valence-electron chi connectivity index (χ3n) is 9.69. The van der Waals surface area contributed by atoms with Gasteiger partial charge in [0.15, 0.2) is 0 Å². The van der Waals surface area contributed by atoms with Gasteiger partial charge in [-0.25, -0.2) is 0 Å². The van der Waals surface area contributed by atoms with Crippen molar-refractivity contribution < 1.29 is 0 Å². The maximum absolute atomic E-state index is 2.48. The Morgan fingerprint density at radius 2 is 0.848 bits per heavy atom. The highest BCUT2D eigenvalue weighted by atomic mass is 15.0. The molecule has 0 radical (unpaired) electrons. The molecule has 0 aliphatic heterocycles. The van der Waals surface area contributed by atoms with Gasteiger partial charge in [0.2, 0.25) is 0 Å². The summed E-state index contributed by atoms with van der Waals surface area (Å²) in [6.45, 7) is 0. The quantitative estimate of drug-likeness (QED) is 0.195. The van der Waals surface area contributed by atoms with E-state index < -0.39 is 0 Å². The summed E-state index contributed by atoms with van der Waals surface area (Å²) in [5, 5.41) is 10.1. The lowest BCUT2D eigenvalue weighted by atomic mass is 9.97. The van der Waals surface area contributed by atoms with Gasteiger partial charge in [0.05, 0.1) is 27.8 Å². The summed E-state index contributed by atoms with van der Waals surface area (Å²) in [6.07, 6.45) is 0. The van der Waals surface area contributed by atoms with E-state index in [1.807, 2.05) is 0 Å². The first-order chi connectivity index (χ1) is 22.8. The van der Waals surface area contributed by atoms with E-state index in [0.29, 0.717) is 0 Å². The zero-order valence-corrected chi connectivity index (χ0v) is 25.1. The van der Waals surface area contributed by atoms with Crippen LogP contribution in [0.5, 0.6) is 0 Å². The van der Waals surface area contributed by atoms with Gasteiger partial charge < -0.3 is 9.13 Å². The van der Waals surface area contributed by atoms with Crippen LogP contribution in [0.15, 0.2) is 170 Å². The molecule has 46 heavy (non-hydrogen) atoms. The van der Waals surface area contributed by atoms with E-state index >= 15 is 0 Å². The molecule has 0 fully saturated rings. The number of hydrogen-bond acceptors (Lipinski definition) is 0. The fourth-order valence-corrected chi connectivity index (χ4v) is 7.73. The van der Waals surface area contributed by atoms with Crippen molar-refractivity contribution in [2.45, 2.75) is 0 Å². The van der Waals surface area contributed by atoms with Crippen LogP contribution < -0.4 is 0 Å². The van der Waals surface area contributed by atoms with Crippen LogP contribution in [0.1, 0.15) is 0 Å². The molecule has 0 atom stereocenters. The van der Waals surface area contributed by atoms with Crippen molar-refractivity contribution in [3.05, 3.63) is 170 Å². The van der Waals surface area contributed by atoms with Crippen molar-refractivity contribution in [3.63, 3.8) is 0 Å². The highest BCUT2D eigenvalue weighted by molar-refractivity contribution is 6.29. The van der Waals surface area contributed by atoms with E-state index in [4.69, 9.17) is 0 Å². The molecule has 2 heteroatoms. The van der Waals surface area contributed by atoms with Gasteiger partial charge in [-0.2, -0.15) is 0 Å². The van der Waals surface area contributed by atoms with Gasteiger partial charge in [-0.1, -0.05) is 127 Å². The van der Waals surface area contributed by atoms with Crippen molar-refractivity contribution in [2.75, 3.05) is 0 Å². The normalized spacial score (nSPS) is 11.9. The molecule has 0 N–H and O–H groups in total. The fraction of sp³-hybridized carbons (Fsp3) is 0. The van der Waals surface area contributed by atoms with Crippen molar-refractivity contribution in [2.24, 2.45) is 0 Å². The summed E-state index contributed by atoms with van der Waals surface area (Å²) in [4.78, 5) is 0. The molecule has 0 bridgehead atoms. The van der Waals surface area contributed by atoms with E-state index in [0.717, 1.165) is 0 Å². The summed E-state index contributed by atoms with van der Waals surface area (Å²) >= 11 is 0. The number of aromatic nitrogens is 2. The number of hydrogen-bond donors (Lipinski definition) is 0. The summed E-state index contributed by atoms with van der Waals surface area (Å²) < 4.78 is 4.91. The molecule has 214 valence electrons. The number of para-hydroxylation sites is 3. The number of rotatable bonds is 3. The Hall–Kier alpha value is -6.12. The SMILES string of the molecule is c1ccc(-n2c3ccccc3c3c4c5ccccc5n(-c5ccc6ccccc6c5)c4ccc32)c(-c2cccc3ccccc23)c1. The highest BCUT2D eigenvalue weighted by Crippen LogP contribution is 2.44. The zero-order chi connectivity index (χ0) is 30.2. The van der Waals surface area contributed by atoms with Crippen LogP contribution in [-0.2, 0) is 0 Å². The lowest BCUT2D eigenvalue weighted by Gasteiger charge is -2.15. The first-order valence-corrected chi connectivity index (χ1v) is 15.9. The van der Waals surface area contributed by atoms with E-state index in [9.17, 15) is 0 Å². The van der Waals surface area contributed by atoms with E-state index in [2.05, 4.69) is 179 Å². The molecule has 0 unspecified atom stereocenters. The van der Waals surface area contributed by atoms with Crippen molar-refractivity contribution >= 4 is 65.2 Å². The Morgan fingerprint density at radius 1 is 0.304 bits per heavy atom. The number of nitrogens with zero attached hydrogens (tertiary/aromatic N) is 2. The molecule has 2 aromatic heterocycles. The van der Waals surface area contributed by atoms with Gasteiger partial charge in [-0.15, -0.1) is 0 Å². The van der Waals surface area contributed by atoms with Crippen LogP contribution in [0.25, 0.3) is 87.7 Å². The van der Waals surface area contributed by atoms with E-state index in [1.54, 1.807) is 0 Å². The number of fused-ring (bicyclic) bond motifs is 9. The van der Waals surface area contributed by atoms with Crippen molar-refractivity contribution in [3.8, 4) is 22.5 Å². The van der Waals surface area contributed by atoms with Crippen LogP contribution in [0.2, 0.25) is 0 Å². The first kappa shape index (κ1) is 25.2. The van der Waals surface area contributed by atoms with Gasteiger partial charge in [-0.05, 0) is 69.6 Å². The van der Waals surface area contributed by atoms with E-state index in [1.165, 1.54) is 87.7 Å². The fourth-order valence-electron chi connectivity index (χ4n) is 7.73. The van der Waals surface area contributed by atoms with Gasteiger partial charge in [-0.3, -0.25) is 0 Å². The van der Waals surface area contributed by atoms with Gasteiger partial charge in [0.25, 0.3) is 0 Å². The maximum Gasteiger partial charge on any atom is 0.0549 e.